The molecule has 0 amide bonds. The molecule has 44 heavy (non-hydrogen) atoms. The van der Waals surface area contributed by atoms with E-state index in [-0.39, 0.29) is 23.8 Å². The number of hydrogen-bond acceptors (Lipinski definition) is 8. The smallest absolute Gasteiger partial charge is 0.387 e. The molecule has 2 aliphatic rings. The Morgan fingerprint density at radius 3 is 2.61 bits per heavy atom. The Kier molecular flexibility index (Phi) is 8.10. The van der Waals surface area contributed by atoms with Crippen molar-refractivity contribution < 1.29 is 28.1 Å². The first-order chi connectivity index (χ1) is 20.8. The topological polar surface area (TPSA) is 138 Å². The molecule has 1 aliphatic heterocycles. The Balaban J connectivity index is 1.05. The van der Waals surface area contributed by atoms with E-state index in [9.17, 15) is 23.4 Å². The van der Waals surface area contributed by atoms with Crippen LogP contribution in [-0.2, 0) is 16.6 Å². The summed E-state index contributed by atoms with van der Waals surface area (Å²) in [5.74, 6) is 1.49. The van der Waals surface area contributed by atoms with E-state index in [1.807, 2.05) is 0 Å². The number of H-pyrrole nitrogens is 1. The van der Waals surface area contributed by atoms with Crippen LogP contribution in [0.2, 0.25) is 0 Å². The van der Waals surface area contributed by atoms with Crippen molar-refractivity contribution in [3.63, 3.8) is 0 Å². The number of nitrogens with zero attached hydrogens (tertiary/aromatic N) is 5. The molecule has 4 atom stereocenters. The van der Waals surface area contributed by atoms with Gasteiger partial charge < -0.3 is 30.2 Å². The van der Waals surface area contributed by atoms with E-state index >= 15 is 0 Å². The minimum Gasteiger partial charge on any atom is -0.387 e. The molecule has 0 radical (unpaired) electrons. The molecule has 6 rings (SSSR count). The summed E-state index contributed by atoms with van der Waals surface area (Å²) in [5, 5.41) is 22.1. The monoisotopic (exact) mass is 615 g/mol. The molecule has 1 aliphatic carbocycles. The van der Waals surface area contributed by atoms with Crippen molar-refractivity contribution in [2.45, 2.75) is 95.0 Å². The van der Waals surface area contributed by atoms with Crippen LogP contribution in [0.5, 0.6) is 0 Å². The summed E-state index contributed by atoms with van der Waals surface area (Å²) in [7, 11) is 0. The Morgan fingerprint density at radius 1 is 1.11 bits per heavy atom. The fraction of sp³-hybridized carbons (Fsp3) is 0.581. The summed E-state index contributed by atoms with van der Waals surface area (Å²) in [4.78, 5) is 17.7. The molecule has 0 bridgehead atoms. The second-order valence-electron chi connectivity index (χ2n) is 13.4. The second-order valence-corrected chi connectivity index (χ2v) is 13.4. The van der Waals surface area contributed by atoms with Gasteiger partial charge >= 0.3 is 6.18 Å². The van der Waals surface area contributed by atoms with E-state index < -0.39 is 37.3 Å². The molecular weight excluding hydrogens is 575 g/mol. The summed E-state index contributed by atoms with van der Waals surface area (Å²) in [6.07, 6.45) is -2.45. The van der Waals surface area contributed by atoms with Crippen molar-refractivity contribution in [2.75, 3.05) is 18.8 Å². The molecule has 5 N–H and O–H groups in total. The van der Waals surface area contributed by atoms with Crippen molar-refractivity contribution in [3.05, 3.63) is 48.2 Å². The van der Waals surface area contributed by atoms with Gasteiger partial charge in [-0.15, -0.1) is 0 Å². The SMILES string of the molecule is CC(C)(C)c1ccc2[nH]c(CCC[C@H]3C[C@@H](N(C[C@H]4O[C@@H](n5ccc6c(N)ncnc65)[C@H](O)[C@@H]4O)CC(F)(F)F)C3)nc2c1. The minimum atomic E-state index is -4.41. The van der Waals surface area contributed by atoms with Gasteiger partial charge in [-0.3, -0.25) is 4.90 Å². The predicted octanol–water partition coefficient (Wildman–Crippen LogP) is 4.47. The zero-order valence-electron chi connectivity index (χ0n) is 25.1. The number of rotatable bonds is 9. The number of nitrogen functional groups attached to an aromatic ring is 1. The normalized spacial score (nSPS) is 26.2. The van der Waals surface area contributed by atoms with E-state index in [2.05, 4.69) is 53.9 Å². The fourth-order valence-electron chi connectivity index (χ4n) is 6.55. The van der Waals surface area contributed by atoms with Gasteiger partial charge in [0.25, 0.3) is 0 Å². The van der Waals surface area contributed by atoms with Crippen LogP contribution in [-0.4, -0.2) is 83.2 Å². The van der Waals surface area contributed by atoms with Crippen LogP contribution in [0.1, 0.15) is 64.1 Å². The maximum atomic E-state index is 13.6. The standard InChI is InChI=1S/C31H40F3N7O3/c1-30(2,3)18-7-8-21-22(13-18)39-24(38-21)6-4-5-17-11-19(12-17)40(15-31(32,33)34)14-23-25(42)26(43)29(44-23)41-10-9-20-27(35)36-16-37-28(20)41/h7-10,13,16-17,19,23,25-26,29,42-43H,4-6,11-12,14-15H2,1-3H3,(H,38,39)(H2,35,36,37)/t17-,19+,23-,25-,26-,29-/m1/s1. The first kappa shape index (κ1) is 30.8. The summed E-state index contributed by atoms with van der Waals surface area (Å²) in [6, 6.07) is 7.70. The second kappa shape index (κ2) is 11.6. The van der Waals surface area contributed by atoms with Gasteiger partial charge in [0.15, 0.2) is 6.23 Å². The maximum Gasteiger partial charge on any atom is 0.401 e. The van der Waals surface area contributed by atoms with E-state index in [0.717, 1.165) is 36.1 Å². The van der Waals surface area contributed by atoms with Gasteiger partial charge in [0.05, 0.1) is 23.0 Å². The average molecular weight is 616 g/mol. The molecule has 13 heteroatoms. The van der Waals surface area contributed by atoms with Crippen LogP contribution in [0.25, 0.3) is 22.1 Å². The molecule has 238 valence electrons. The summed E-state index contributed by atoms with van der Waals surface area (Å²) in [5.41, 5.74) is 9.53. The van der Waals surface area contributed by atoms with Gasteiger partial charge in [0.1, 0.15) is 41.9 Å². The predicted molar refractivity (Wildman–Crippen MR) is 160 cm³/mol. The number of halogens is 3. The molecule has 3 aromatic heterocycles. The lowest BCUT2D eigenvalue weighted by molar-refractivity contribution is -0.164. The van der Waals surface area contributed by atoms with E-state index in [4.69, 9.17) is 15.5 Å². The van der Waals surface area contributed by atoms with Crippen LogP contribution in [0.15, 0.2) is 36.8 Å². The lowest BCUT2D eigenvalue weighted by atomic mass is 9.76. The molecule has 10 nitrogen and oxygen atoms in total. The van der Waals surface area contributed by atoms with E-state index in [1.54, 1.807) is 12.3 Å². The lowest BCUT2D eigenvalue weighted by Gasteiger charge is -2.44. The van der Waals surface area contributed by atoms with Crippen LogP contribution < -0.4 is 5.73 Å². The van der Waals surface area contributed by atoms with Crippen molar-refractivity contribution in [3.8, 4) is 0 Å². The lowest BCUT2D eigenvalue weighted by Crippen LogP contribution is -2.52. The fourth-order valence-corrected chi connectivity index (χ4v) is 6.55. The van der Waals surface area contributed by atoms with E-state index in [0.29, 0.717) is 29.8 Å². The maximum absolute atomic E-state index is 13.6. The molecule has 2 fully saturated rings. The van der Waals surface area contributed by atoms with Gasteiger partial charge in [-0.2, -0.15) is 13.2 Å². The minimum absolute atomic E-state index is 0.0411. The number of hydrogen-bond donors (Lipinski definition) is 4. The first-order valence-corrected chi connectivity index (χ1v) is 15.2. The van der Waals surface area contributed by atoms with Gasteiger partial charge in [0, 0.05) is 25.2 Å². The third-order valence-electron chi connectivity index (χ3n) is 9.10. The molecule has 1 saturated carbocycles. The number of aryl methyl sites for hydroxylation is 1. The number of nitrogens with one attached hydrogen (secondary N) is 1. The number of nitrogens with two attached hydrogens (primary N) is 1. The zero-order chi connectivity index (χ0) is 31.4. The molecule has 4 aromatic rings. The number of aromatic nitrogens is 5. The third-order valence-corrected chi connectivity index (χ3v) is 9.10. The number of aliphatic hydroxyl groups excluding tert-OH is 2. The van der Waals surface area contributed by atoms with Crippen LogP contribution in [0.3, 0.4) is 0 Å². The number of benzene rings is 1. The number of aromatic amines is 1. The van der Waals surface area contributed by atoms with Crippen LogP contribution >= 0.6 is 0 Å². The highest BCUT2D eigenvalue weighted by atomic mass is 19.4. The Hall–Kier alpha value is -3.26. The average Bonchev–Trinajstić information content (AvgIpc) is 3.60. The number of anilines is 1. The Labute approximate surface area is 253 Å². The van der Waals surface area contributed by atoms with Gasteiger partial charge in [-0.05, 0) is 60.8 Å². The highest BCUT2D eigenvalue weighted by Gasteiger charge is 2.47. The summed E-state index contributed by atoms with van der Waals surface area (Å²) < 4.78 is 48.4. The van der Waals surface area contributed by atoms with E-state index in [1.165, 1.54) is 21.4 Å². The van der Waals surface area contributed by atoms with Crippen LogP contribution in [0, 0.1) is 5.92 Å². The molecular formula is C31H40F3N7O3. The number of imidazole rings is 1. The van der Waals surface area contributed by atoms with Crippen molar-refractivity contribution >= 4 is 27.9 Å². The summed E-state index contributed by atoms with van der Waals surface area (Å²) >= 11 is 0. The summed E-state index contributed by atoms with van der Waals surface area (Å²) in [6.45, 7) is 5.25. The Bertz CT molecular complexity index is 1610. The molecule has 1 aromatic carbocycles. The quantitative estimate of drug-likeness (QED) is 0.216. The number of fused-ring (bicyclic) bond motifs is 2. The number of alkyl halides is 3. The highest BCUT2D eigenvalue weighted by molar-refractivity contribution is 5.86. The first-order valence-electron chi connectivity index (χ1n) is 15.2. The van der Waals surface area contributed by atoms with Crippen molar-refractivity contribution in [2.24, 2.45) is 5.92 Å². The number of aliphatic hydroxyl groups is 2. The molecule has 0 unspecified atom stereocenters. The van der Waals surface area contributed by atoms with Crippen LogP contribution in [0.4, 0.5) is 19.0 Å². The molecule has 4 heterocycles. The Morgan fingerprint density at radius 2 is 1.89 bits per heavy atom. The number of ether oxygens (including phenoxy) is 1. The van der Waals surface area contributed by atoms with Gasteiger partial charge in [-0.1, -0.05) is 26.8 Å². The van der Waals surface area contributed by atoms with Crippen molar-refractivity contribution in [1.29, 1.82) is 0 Å². The largest absolute Gasteiger partial charge is 0.401 e. The van der Waals surface area contributed by atoms with Gasteiger partial charge in [0.2, 0.25) is 0 Å². The molecule has 0 spiro atoms. The van der Waals surface area contributed by atoms with Crippen molar-refractivity contribution in [1.82, 2.24) is 29.4 Å². The zero-order valence-corrected chi connectivity index (χ0v) is 25.1. The van der Waals surface area contributed by atoms with Gasteiger partial charge in [-0.25, -0.2) is 15.0 Å². The molecule has 1 saturated heterocycles. The third kappa shape index (κ3) is 6.28. The highest BCUT2D eigenvalue weighted by Crippen LogP contribution is 2.39.